The topological polar surface area (TPSA) is 9.23 Å². The van der Waals surface area contributed by atoms with Crippen molar-refractivity contribution in [3.05, 3.63) is 97.1 Å². The van der Waals surface area contributed by atoms with Crippen LogP contribution in [0.5, 0.6) is 11.5 Å². The Morgan fingerprint density at radius 3 is 2.23 bits per heavy atom. The second-order valence-corrected chi connectivity index (χ2v) is 8.84. The SMILES string of the molecule is c1cc(-c2cc3ccccc3s2)c2c(c1)-c1cccc3c1c(cc1ccccc13)O2. The van der Waals surface area contributed by atoms with Gasteiger partial charge in [-0.2, -0.15) is 0 Å². The summed E-state index contributed by atoms with van der Waals surface area (Å²) in [5.74, 6) is 1.90. The van der Waals surface area contributed by atoms with Crippen molar-refractivity contribution in [1.29, 1.82) is 0 Å². The molecule has 1 nitrogen and oxygen atoms in total. The fourth-order valence-electron chi connectivity index (χ4n) is 4.71. The number of hydrogen-bond donors (Lipinski definition) is 0. The van der Waals surface area contributed by atoms with Gasteiger partial charge in [-0.25, -0.2) is 0 Å². The minimum absolute atomic E-state index is 0.945. The summed E-state index contributed by atoms with van der Waals surface area (Å²) in [5.41, 5.74) is 3.57. The summed E-state index contributed by atoms with van der Waals surface area (Å²) in [5, 5.41) is 6.21. The Morgan fingerprint density at radius 2 is 1.30 bits per heavy atom. The maximum Gasteiger partial charge on any atom is 0.143 e. The smallest absolute Gasteiger partial charge is 0.143 e. The van der Waals surface area contributed by atoms with Crippen LogP contribution in [0.4, 0.5) is 0 Å². The first-order valence-electron chi connectivity index (χ1n) is 10.1. The fraction of sp³-hybridized carbons (Fsp3) is 0. The van der Waals surface area contributed by atoms with Gasteiger partial charge in [0.2, 0.25) is 0 Å². The molecule has 1 aliphatic heterocycles. The van der Waals surface area contributed by atoms with Crippen LogP contribution in [0, 0.1) is 0 Å². The fourth-order valence-corrected chi connectivity index (χ4v) is 5.79. The number of thiophene rings is 1. The van der Waals surface area contributed by atoms with Gasteiger partial charge in [0, 0.05) is 26.1 Å². The molecule has 0 saturated carbocycles. The van der Waals surface area contributed by atoms with Gasteiger partial charge in [-0.1, -0.05) is 72.8 Å². The molecule has 140 valence electrons. The van der Waals surface area contributed by atoms with Gasteiger partial charge < -0.3 is 4.74 Å². The van der Waals surface area contributed by atoms with Crippen LogP contribution in [0.25, 0.3) is 53.2 Å². The molecule has 0 atom stereocenters. The molecular weight excluding hydrogens is 384 g/mol. The summed E-state index contributed by atoms with van der Waals surface area (Å²) >= 11 is 1.82. The Hall–Kier alpha value is -3.62. The van der Waals surface area contributed by atoms with Crippen molar-refractivity contribution < 1.29 is 4.74 Å². The van der Waals surface area contributed by atoms with Gasteiger partial charge in [-0.15, -0.1) is 11.3 Å². The number of benzene rings is 5. The summed E-state index contributed by atoms with van der Waals surface area (Å²) < 4.78 is 7.95. The van der Waals surface area contributed by atoms with Crippen molar-refractivity contribution in [1.82, 2.24) is 0 Å². The van der Waals surface area contributed by atoms with Gasteiger partial charge in [0.25, 0.3) is 0 Å². The second-order valence-electron chi connectivity index (χ2n) is 7.76. The number of rotatable bonds is 1. The summed E-state index contributed by atoms with van der Waals surface area (Å²) in [6.45, 7) is 0. The molecular formula is C28H16OS. The number of fused-ring (bicyclic) bond motifs is 5. The molecule has 1 aliphatic rings. The van der Waals surface area contributed by atoms with E-state index in [-0.39, 0.29) is 0 Å². The van der Waals surface area contributed by atoms with E-state index >= 15 is 0 Å². The summed E-state index contributed by atoms with van der Waals surface area (Å²) in [6, 6.07) is 34.6. The van der Waals surface area contributed by atoms with Crippen LogP contribution in [0.3, 0.4) is 0 Å². The first kappa shape index (κ1) is 16.2. The van der Waals surface area contributed by atoms with Gasteiger partial charge in [0.05, 0.1) is 0 Å². The van der Waals surface area contributed by atoms with E-state index in [4.69, 9.17) is 4.74 Å². The van der Waals surface area contributed by atoms with Crippen molar-refractivity contribution in [3.63, 3.8) is 0 Å². The molecule has 7 rings (SSSR count). The maximum absolute atomic E-state index is 6.65. The van der Waals surface area contributed by atoms with Crippen molar-refractivity contribution in [3.8, 4) is 33.1 Å². The molecule has 0 aliphatic carbocycles. The van der Waals surface area contributed by atoms with Crippen LogP contribution < -0.4 is 4.74 Å². The molecule has 5 aromatic carbocycles. The Morgan fingerprint density at radius 1 is 0.567 bits per heavy atom. The molecule has 0 saturated heterocycles. The van der Waals surface area contributed by atoms with Crippen molar-refractivity contribution >= 4 is 43.0 Å². The highest BCUT2D eigenvalue weighted by atomic mass is 32.1. The third-order valence-electron chi connectivity index (χ3n) is 6.06. The predicted molar refractivity (Wildman–Crippen MR) is 128 cm³/mol. The summed E-state index contributed by atoms with van der Waals surface area (Å²) in [4.78, 5) is 1.24. The molecule has 0 spiro atoms. The average Bonchev–Trinajstić information content (AvgIpc) is 3.23. The lowest BCUT2D eigenvalue weighted by Gasteiger charge is -2.24. The molecule has 30 heavy (non-hydrogen) atoms. The van der Waals surface area contributed by atoms with Gasteiger partial charge in [0.1, 0.15) is 11.5 Å². The van der Waals surface area contributed by atoms with E-state index in [1.54, 1.807) is 0 Å². The first-order valence-corrected chi connectivity index (χ1v) is 10.9. The molecule has 0 bridgehead atoms. The van der Waals surface area contributed by atoms with Crippen molar-refractivity contribution in [2.75, 3.05) is 0 Å². The zero-order valence-electron chi connectivity index (χ0n) is 16.1. The van der Waals surface area contributed by atoms with E-state index in [0.717, 1.165) is 17.1 Å². The maximum atomic E-state index is 6.65. The Bertz CT molecular complexity index is 1590. The average molecular weight is 401 g/mol. The molecule has 0 N–H and O–H groups in total. The highest BCUT2D eigenvalue weighted by molar-refractivity contribution is 7.22. The molecule has 6 aromatic rings. The molecule has 0 unspecified atom stereocenters. The molecule has 2 heteroatoms. The molecule has 0 fully saturated rings. The summed E-state index contributed by atoms with van der Waals surface area (Å²) in [6.07, 6.45) is 0. The van der Waals surface area contributed by atoms with E-state index in [1.807, 2.05) is 11.3 Å². The minimum Gasteiger partial charge on any atom is -0.455 e. The third kappa shape index (κ3) is 2.17. The second kappa shape index (κ2) is 5.94. The summed E-state index contributed by atoms with van der Waals surface area (Å²) in [7, 11) is 0. The van der Waals surface area contributed by atoms with Gasteiger partial charge in [-0.3, -0.25) is 0 Å². The normalized spacial score (nSPS) is 12.3. The van der Waals surface area contributed by atoms with Crippen LogP contribution in [0.2, 0.25) is 0 Å². The lowest BCUT2D eigenvalue weighted by Crippen LogP contribution is -1.99. The molecule has 0 amide bonds. The number of hydrogen-bond acceptors (Lipinski definition) is 2. The van der Waals surface area contributed by atoms with E-state index < -0.39 is 0 Å². The third-order valence-corrected chi connectivity index (χ3v) is 7.21. The van der Waals surface area contributed by atoms with E-state index in [2.05, 4.69) is 97.1 Å². The zero-order valence-corrected chi connectivity index (χ0v) is 16.9. The van der Waals surface area contributed by atoms with Gasteiger partial charge in [0.15, 0.2) is 0 Å². The Kier molecular flexibility index (Phi) is 3.21. The molecule has 1 aromatic heterocycles. The van der Waals surface area contributed by atoms with Crippen molar-refractivity contribution in [2.45, 2.75) is 0 Å². The van der Waals surface area contributed by atoms with E-state index in [9.17, 15) is 0 Å². The lowest BCUT2D eigenvalue weighted by molar-refractivity contribution is 0.489. The van der Waals surface area contributed by atoms with Crippen molar-refractivity contribution in [2.24, 2.45) is 0 Å². The van der Waals surface area contributed by atoms with Crippen LogP contribution >= 0.6 is 11.3 Å². The van der Waals surface area contributed by atoms with Gasteiger partial charge >= 0.3 is 0 Å². The molecule has 0 radical (unpaired) electrons. The standard InChI is InChI=1S/C28H16OS/c1-3-9-19-17(7-1)15-24-27-20(19)10-5-11-21(27)22-12-6-13-23(28(22)29-24)26-16-18-8-2-4-14-25(18)30-26/h1-16H. The number of ether oxygens (including phenoxy) is 1. The molecule has 2 heterocycles. The minimum atomic E-state index is 0.945. The van der Waals surface area contributed by atoms with Crippen LogP contribution in [-0.2, 0) is 0 Å². The van der Waals surface area contributed by atoms with Crippen LogP contribution in [-0.4, -0.2) is 0 Å². The predicted octanol–water partition coefficient (Wildman–Crippen LogP) is 8.65. The Labute approximate surface area is 177 Å². The van der Waals surface area contributed by atoms with E-state index in [1.165, 1.54) is 47.6 Å². The highest BCUT2D eigenvalue weighted by Crippen LogP contribution is 2.52. The van der Waals surface area contributed by atoms with Crippen LogP contribution in [0.15, 0.2) is 97.1 Å². The largest absolute Gasteiger partial charge is 0.455 e. The zero-order chi connectivity index (χ0) is 19.7. The number of para-hydroxylation sites is 1. The highest BCUT2D eigenvalue weighted by Gasteiger charge is 2.24. The quantitative estimate of drug-likeness (QED) is 0.251. The Balaban J connectivity index is 1.55. The van der Waals surface area contributed by atoms with E-state index in [0.29, 0.717) is 0 Å². The van der Waals surface area contributed by atoms with Gasteiger partial charge in [-0.05, 0) is 51.4 Å². The monoisotopic (exact) mass is 400 g/mol. The first-order chi connectivity index (χ1) is 14.9. The lowest BCUT2D eigenvalue weighted by atomic mass is 9.90. The van der Waals surface area contributed by atoms with Crippen LogP contribution in [0.1, 0.15) is 0 Å².